The molecule has 21 heavy (non-hydrogen) atoms. The first-order valence-corrected chi connectivity index (χ1v) is 7.74. The van der Waals surface area contributed by atoms with E-state index in [-0.39, 0.29) is 5.91 Å². The summed E-state index contributed by atoms with van der Waals surface area (Å²) in [5.74, 6) is 0.0377. The van der Waals surface area contributed by atoms with Crippen molar-refractivity contribution < 1.29 is 9.59 Å². The molecule has 0 spiro atoms. The Morgan fingerprint density at radius 2 is 2.10 bits per heavy atom. The van der Waals surface area contributed by atoms with Gasteiger partial charge in [-0.3, -0.25) is 9.59 Å². The van der Waals surface area contributed by atoms with Crippen LogP contribution in [-0.4, -0.2) is 29.3 Å². The predicted octanol–water partition coefficient (Wildman–Crippen LogP) is 2.12. The van der Waals surface area contributed by atoms with Gasteiger partial charge in [-0.2, -0.15) is 0 Å². The summed E-state index contributed by atoms with van der Waals surface area (Å²) in [6.07, 6.45) is 4.28. The van der Waals surface area contributed by atoms with Crippen molar-refractivity contribution in [2.24, 2.45) is 11.7 Å². The van der Waals surface area contributed by atoms with Crippen molar-refractivity contribution in [2.45, 2.75) is 45.1 Å². The molecule has 1 fully saturated rings. The summed E-state index contributed by atoms with van der Waals surface area (Å²) in [4.78, 5) is 25.1. The molecular formula is C17H24N2O2. The highest BCUT2D eigenvalue weighted by molar-refractivity contribution is 5.87. The second-order valence-electron chi connectivity index (χ2n) is 5.82. The van der Waals surface area contributed by atoms with E-state index in [2.05, 4.69) is 24.3 Å². The van der Waals surface area contributed by atoms with Crippen LogP contribution in [0.5, 0.6) is 0 Å². The van der Waals surface area contributed by atoms with Crippen LogP contribution in [0.2, 0.25) is 0 Å². The highest BCUT2D eigenvalue weighted by atomic mass is 16.2. The van der Waals surface area contributed by atoms with Crippen LogP contribution in [0.3, 0.4) is 0 Å². The van der Waals surface area contributed by atoms with Crippen LogP contribution in [0, 0.1) is 5.92 Å². The lowest BCUT2D eigenvalue weighted by Gasteiger charge is -2.24. The zero-order valence-electron chi connectivity index (χ0n) is 12.6. The molecule has 114 valence electrons. The number of rotatable bonds is 7. The molecule has 1 aliphatic rings. The molecule has 2 N–H and O–H groups in total. The maximum atomic E-state index is 12.0. The second-order valence-corrected chi connectivity index (χ2v) is 5.82. The Labute approximate surface area is 126 Å². The zero-order chi connectivity index (χ0) is 15.2. The molecule has 0 bridgehead atoms. The Balaban J connectivity index is 1.81. The minimum Gasteiger partial charge on any atom is -0.368 e. The van der Waals surface area contributed by atoms with Gasteiger partial charge >= 0.3 is 0 Å². The number of likely N-dealkylation sites (tertiary alicyclic amines) is 1. The first-order valence-electron chi connectivity index (χ1n) is 7.74. The summed E-state index contributed by atoms with van der Waals surface area (Å²) in [7, 11) is 0. The van der Waals surface area contributed by atoms with Gasteiger partial charge in [-0.15, -0.1) is 0 Å². The molecule has 2 rings (SSSR count). The molecule has 0 aromatic heterocycles. The Kier molecular flexibility index (Phi) is 5.37. The van der Waals surface area contributed by atoms with Gasteiger partial charge in [0.05, 0.1) is 0 Å². The third-order valence-electron chi connectivity index (χ3n) is 4.25. The van der Waals surface area contributed by atoms with E-state index >= 15 is 0 Å². The topological polar surface area (TPSA) is 63.4 Å². The van der Waals surface area contributed by atoms with Crippen LogP contribution in [0.25, 0.3) is 0 Å². The van der Waals surface area contributed by atoms with Crippen LogP contribution >= 0.6 is 0 Å². The van der Waals surface area contributed by atoms with Gasteiger partial charge in [-0.05, 0) is 37.2 Å². The molecule has 1 saturated heterocycles. The summed E-state index contributed by atoms with van der Waals surface area (Å²) in [5.41, 5.74) is 6.71. The van der Waals surface area contributed by atoms with E-state index in [9.17, 15) is 9.59 Å². The number of nitrogens with two attached hydrogens (primary N) is 1. The first-order chi connectivity index (χ1) is 10.1. The van der Waals surface area contributed by atoms with Gasteiger partial charge in [-0.25, -0.2) is 0 Å². The molecule has 2 atom stereocenters. The lowest BCUT2D eigenvalue weighted by atomic mass is 9.99. The van der Waals surface area contributed by atoms with Gasteiger partial charge < -0.3 is 10.6 Å². The van der Waals surface area contributed by atoms with Crippen LogP contribution in [0.1, 0.15) is 38.2 Å². The summed E-state index contributed by atoms with van der Waals surface area (Å²) < 4.78 is 0. The number of primary amides is 1. The molecule has 4 nitrogen and oxygen atoms in total. The smallest absolute Gasteiger partial charge is 0.240 e. The minimum absolute atomic E-state index is 0.0744. The van der Waals surface area contributed by atoms with E-state index in [1.165, 1.54) is 5.56 Å². The number of nitrogens with zero attached hydrogens (tertiary/aromatic N) is 1. The number of amides is 2. The van der Waals surface area contributed by atoms with Crippen molar-refractivity contribution in [3.63, 3.8) is 0 Å². The fourth-order valence-corrected chi connectivity index (χ4v) is 3.12. The average molecular weight is 288 g/mol. The summed E-state index contributed by atoms with van der Waals surface area (Å²) >= 11 is 0. The monoisotopic (exact) mass is 288 g/mol. The molecule has 1 unspecified atom stereocenters. The predicted molar refractivity (Wildman–Crippen MR) is 82.5 cm³/mol. The highest BCUT2D eigenvalue weighted by Crippen LogP contribution is 2.25. The maximum absolute atomic E-state index is 12.0. The fourth-order valence-electron chi connectivity index (χ4n) is 3.12. The van der Waals surface area contributed by atoms with Gasteiger partial charge in [0.2, 0.25) is 11.8 Å². The number of carbonyl (C=O) groups excluding carboxylic acids is 2. The molecule has 1 aliphatic heterocycles. The molecule has 0 aliphatic carbocycles. The SMILES string of the molecule is CC[C@@H](C(N)=O)N1CC(CCCc2ccccc2)CC1=O. The second kappa shape index (κ2) is 7.25. The third-order valence-corrected chi connectivity index (χ3v) is 4.25. The van der Waals surface area contributed by atoms with E-state index in [0.717, 1.165) is 19.3 Å². The zero-order valence-corrected chi connectivity index (χ0v) is 12.6. The molecule has 1 heterocycles. The van der Waals surface area contributed by atoms with Crippen molar-refractivity contribution in [1.29, 1.82) is 0 Å². The molecule has 1 aromatic carbocycles. The average Bonchev–Trinajstić information content (AvgIpc) is 2.82. The number of benzene rings is 1. The molecule has 0 saturated carbocycles. The first kappa shape index (κ1) is 15.5. The van der Waals surface area contributed by atoms with E-state index < -0.39 is 11.9 Å². The van der Waals surface area contributed by atoms with Crippen LogP contribution in [0.4, 0.5) is 0 Å². The largest absolute Gasteiger partial charge is 0.368 e. The van der Waals surface area contributed by atoms with Crippen LogP contribution in [0.15, 0.2) is 30.3 Å². The Morgan fingerprint density at radius 3 is 2.71 bits per heavy atom. The normalized spacial score (nSPS) is 19.8. The highest BCUT2D eigenvalue weighted by Gasteiger charge is 2.35. The van der Waals surface area contributed by atoms with Crippen molar-refractivity contribution in [2.75, 3.05) is 6.54 Å². The minimum atomic E-state index is -0.434. The Hall–Kier alpha value is -1.84. The van der Waals surface area contributed by atoms with Gasteiger partial charge in [0.25, 0.3) is 0 Å². The summed E-state index contributed by atoms with van der Waals surface area (Å²) in [6, 6.07) is 9.95. The van der Waals surface area contributed by atoms with E-state index in [1.807, 2.05) is 13.0 Å². The Bertz CT molecular complexity index is 487. The number of carbonyl (C=O) groups is 2. The van der Waals surface area contributed by atoms with E-state index in [4.69, 9.17) is 5.73 Å². The van der Waals surface area contributed by atoms with E-state index in [0.29, 0.717) is 25.3 Å². The molecule has 0 radical (unpaired) electrons. The van der Waals surface area contributed by atoms with Crippen molar-refractivity contribution >= 4 is 11.8 Å². The van der Waals surface area contributed by atoms with Crippen molar-refractivity contribution in [3.8, 4) is 0 Å². The molecule has 1 aromatic rings. The lowest BCUT2D eigenvalue weighted by Crippen LogP contribution is -2.45. The van der Waals surface area contributed by atoms with Gasteiger partial charge in [-0.1, -0.05) is 37.3 Å². The van der Waals surface area contributed by atoms with Crippen molar-refractivity contribution in [3.05, 3.63) is 35.9 Å². The third kappa shape index (κ3) is 4.06. The van der Waals surface area contributed by atoms with Gasteiger partial charge in [0.1, 0.15) is 6.04 Å². The molecular weight excluding hydrogens is 264 g/mol. The quantitative estimate of drug-likeness (QED) is 0.835. The lowest BCUT2D eigenvalue weighted by molar-refractivity contribution is -0.136. The maximum Gasteiger partial charge on any atom is 0.240 e. The van der Waals surface area contributed by atoms with Gasteiger partial charge in [0, 0.05) is 13.0 Å². The van der Waals surface area contributed by atoms with Gasteiger partial charge in [0.15, 0.2) is 0 Å². The molecule has 4 heteroatoms. The van der Waals surface area contributed by atoms with Crippen LogP contribution < -0.4 is 5.73 Å². The molecule has 2 amide bonds. The standard InChI is InChI=1S/C17H24N2O2/c1-2-15(17(18)21)19-12-14(11-16(19)20)10-6-9-13-7-4-3-5-8-13/h3-5,7-8,14-15H,2,6,9-12H2,1H3,(H2,18,21)/t14?,15-/m0/s1. The summed E-state index contributed by atoms with van der Waals surface area (Å²) in [6.45, 7) is 2.57. The van der Waals surface area contributed by atoms with Crippen LogP contribution in [-0.2, 0) is 16.0 Å². The Morgan fingerprint density at radius 1 is 1.38 bits per heavy atom. The number of aryl methyl sites for hydroxylation is 1. The van der Waals surface area contributed by atoms with E-state index in [1.54, 1.807) is 4.90 Å². The number of hydrogen-bond donors (Lipinski definition) is 1. The van der Waals surface area contributed by atoms with Crippen molar-refractivity contribution in [1.82, 2.24) is 4.90 Å². The summed E-state index contributed by atoms with van der Waals surface area (Å²) in [5, 5.41) is 0. The fraction of sp³-hybridized carbons (Fsp3) is 0.529. The number of hydrogen-bond acceptors (Lipinski definition) is 2.